The van der Waals surface area contributed by atoms with Gasteiger partial charge in [-0.15, -0.1) is 0 Å². The van der Waals surface area contributed by atoms with E-state index in [0.717, 1.165) is 19.5 Å². The number of anilines is 1. The van der Waals surface area contributed by atoms with E-state index >= 15 is 0 Å². The Morgan fingerprint density at radius 2 is 1.68 bits per heavy atom. The summed E-state index contributed by atoms with van der Waals surface area (Å²) < 4.78 is 0. The third-order valence-corrected chi connectivity index (χ3v) is 4.47. The molecule has 0 saturated carbocycles. The Morgan fingerprint density at radius 3 is 2.27 bits per heavy atom. The quantitative estimate of drug-likeness (QED) is 0.808. The summed E-state index contributed by atoms with van der Waals surface area (Å²) in [6, 6.07) is 9.02. The highest BCUT2D eigenvalue weighted by Gasteiger charge is 2.10. The number of nitrogens with zero attached hydrogens (tertiary/aromatic N) is 1. The third-order valence-electron chi connectivity index (χ3n) is 4.47. The van der Waals surface area contributed by atoms with Gasteiger partial charge in [0.05, 0.1) is 6.10 Å². The van der Waals surface area contributed by atoms with Crippen LogP contribution < -0.4 is 10.2 Å². The lowest BCUT2D eigenvalue weighted by atomic mass is 10.0. The van der Waals surface area contributed by atoms with Gasteiger partial charge in [-0.2, -0.15) is 0 Å². The molecular formula is C19H32N2O. The summed E-state index contributed by atoms with van der Waals surface area (Å²) in [7, 11) is 0. The van der Waals surface area contributed by atoms with Crippen LogP contribution in [0.3, 0.4) is 0 Å². The minimum absolute atomic E-state index is 0.204. The van der Waals surface area contributed by atoms with Crippen LogP contribution in [0.15, 0.2) is 24.3 Å². The van der Waals surface area contributed by atoms with E-state index in [9.17, 15) is 5.11 Å². The maximum Gasteiger partial charge on any atom is 0.0515 e. The molecule has 22 heavy (non-hydrogen) atoms. The molecule has 3 nitrogen and oxygen atoms in total. The minimum Gasteiger partial charge on any atom is -0.393 e. The Kier molecular flexibility index (Phi) is 7.20. The summed E-state index contributed by atoms with van der Waals surface area (Å²) >= 11 is 0. The van der Waals surface area contributed by atoms with Crippen molar-refractivity contribution >= 4 is 5.69 Å². The molecule has 2 atom stereocenters. The van der Waals surface area contributed by atoms with E-state index in [1.165, 1.54) is 50.0 Å². The van der Waals surface area contributed by atoms with Crippen molar-refractivity contribution in [2.24, 2.45) is 5.92 Å². The van der Waals surface area contributed by atoms with Crippen LogP contribution in [0.5, 0.6) is 0 Å². The molecule has 0 aromatic heterocycles. The number of nitrogens with one attached hydrogen (secondary N) is 1. The van der Waals surface area contributed by atoms with Crippen molar-refractivity contribution < 1.29 is 5.11 Å². The summed E-state index contributed by atoms with van der Waals surface area (Å²) in [4.78, 5) is 2.52. The standard InChI is InChI=1S/C19H32N2O/c1-16(13-17(2)22)14-20-15-18-7-9-19(10-8-18)21-11-5-3-4-6-12-21/h7-10,16-17,20,22H,3-6,11-15H2,1-2H3. The van der Waals surface area contributed by atoms with Crippen molar-refractivity contribution in [1.29, 1.82) is 0 Å². The second-order valence-electron chi connectivity index (χ2n) is 6.89. The molecule has 0 radical (unpaired) electrons. The van der Waals surface area contributed by atoms with Gasteiger partial charge in [0.1, 0.15) is 0 Å². The summed E-state index contributed by atoms with van der Waals surface area (Å²) in [5.41, 5.74) is 2.70. The topological polar surface area (TPSA) is 35.5 Å². The number of rotatable bonds is 7. The molecule has 1 aliphatic heterocycles. The predicted octanol–water partition coefficient (Wildman–Crippen LogP) is 3.56. The van der Waals surface area contributed by atoms with Gasteiger partial charge in [-0.1, -0.05) is 31.9 Å². The average Bonchev–Trinajstić information content (AvgIpc) is 2.76. The highest BCUT2D eigenvalue weighted by Crippen LogP contribution is 2.20. The van der Waals surface area contributed by atoms with Crippen LogP contribution in [0.4, 0.5) is 5.69 Å². The zero-order chi connectivity index (χ0) is 15.8. The van der Waals surface area contributed by atoms with E-state index in [0.29, 0.717) is 5.92 Å². The fraction of sp³-hybridized carbons (Fsp3) is 0.684. The van der Waals surface area contributed by atoms with Gasteiger partial charge in [0, 0.05) is 25.3 Å². The first-order valence-electron chi connectivity index (χ1n) is 8.88. The Hall–Kier alpha value is -1.06. The lowest BCUT2D eigenvalue weighted by Gasteiger charge is -2.23. The first kappa shape index (κ1) is 17.3. The summed E-state index contributed by atoms with van der Waals surface area (Å²) in [6.45, 7) is 8.31. The molecule has 1 fully saturated rings. The van der Waals surface area contributed by atoms with Crippen LogP contribution in [-0.2, 0) is 6.54 Å². The minimum atomic E-state index is -0.204. The van der Waals surface area contributed by atoms with Gasteiger partial charge in [-0.05, 0) is 56.3 Å². The number of hydrogen-bond acceptors (Lipinski definition) is 3. The Bertz CT molecular complexity index is 408. The van der Waals surface area contributed by atoms with Gasteiger partial charge in [0.15, 0.2) is 0 Å². The fourth-order valence-electron chi connectivity index (χ4n) is 3.28. The molecule has 124 valence electrons. The van der Waals surface area contributed by atoms with Gasteiger partial charge in [-0.3, -0.25) is 0 Å². The molecule has 0 amide bonds. The summed E-state index contributed by atoms with van der Waals surface area (Å²) in [6.07, 6.45) is 6.06. The molecule has 1 aromatic rings. The lowest BCUT2D eigenvalue weighted by molar-refractivity contribution is 0.163. The summed E-state index contributed by atoms with van der Waals surface area (Å²) in [5, 5.41) is 12.9. The lowest BCUT2D eigenvalue weighted by Crippen LogP contribution is -2.24. The first-order valence-corrected chi connectivity index (χ1v) is 8.88. The largest absolute Gasteiger partial charge is 0.393 e. The second-order valence-corrected chi connectivity index (χ2v) is 6.89. The maximum absolute atomic E-state index is 9.38. The van der Waals surface area contributed by atoms with Crippen LogP contribution in [0.2, 0.25) is 0 Å². The molecule has 2 N–H and O–H groups in total. The molecule has 2 unspecified atom stereocenters. The zero-order valence-electron chi connectivity index (χ0n) is 14.2. The number of aliphatic hydroxyl groups excluding tert-OH is 1. The van der Waals surface area contributed by atoms with Crippen molar-refractivity contribution in [2.45, 2.75) is 58.6 Å². The van der Waals surface area contributed by atoms with Crippen molar-refractivity contribution in [3.8, 4) is 0 Å². The van der Waals surface area contributed by atoms with Crippen molar-refractivity contribution in [3.05, 3.63) is 29.8 Å². The van der Waals surface area contributed by atoms with E-state index in [2.05, 4.69) is 41.4 Å². The van der Waals surface area contributed by atoms with Gasteiger partial charge in [-0.25, -0.2) is 0 Å². The molecule has 0 aliphatic carbocycles. The van der Waals surface area contributed by atoms with Crippen LogP contribution in [0.25, 0.3) is 0 Å². The molecule has 0 spiro atoms. The van der Waals surface area contributed by atoms with Crippen molar-refractivity contribution in [2.75, 3.05) is 24.5 Å². The number of hydrogen-bond donors (Lipinski definition) is 2. The molecule has 1 aromatic carbocycles. The molecule has 3 heteroatoms. The van der Waals surface area contributed by atoms with Crippen molar-refractivity contribution in [1.82, 2.24) is 5.32 Å². The maximum atomic E-state index is 9.38. The van der Waals surface area contributed by atoms with Gasteiger partial charge < -0.3 is 15.3 Å². The van der Waals surface area contributed by atoms with Crippen LogP contribution in [0.1, 0.15) is 51.5 Å². The smallest absolute Gasteiger partial charge is 0.0515 e. The van der Waals surface area contributed by atoms with E-state index in [1.54, 1.807) is 0 Å². The zero-order valence-corrected chi connectivity index (χ0v) is 14.2. The molecular weight excluding hydrogens is 272 g/mol. The first-order chi connectivity index (χ1) is 10.6. The van der Waals surface area contributed by atoms with Crippen LogP contribution in [-0.4, -0.2) is 30.8 Å². The fourth-order valence-corrected chi connectivity index (χ4v) is 3.28. The monoisotopic (exact) mass is 304 g/mol. The highest BCUT2D eigenvalue weighted by atomic mass is 16.3. The SMILES string of the molecule is CC(O)CC(C)CNCc1ccc(N2CCCCCC2)cc1. The average molecular weight is 304 g/mol. The van der Waals surface area contributed by atoms with E-state index < -0.39 is 0 Å². The highest BCUT2D eigenvalue weighted by molar-refractivity contribution is 5.47. The number of benzene rings is 1. The van der Waals surface area contributed by atoms with Gasteiger partial charge in [0.2, 0.25) is 0 Å². The van der Waals surface area contributed by atoms with Gasteiger partial charge >= 0.3 is 0 Å². The third kappa shape index (κ3) is 5.98. The second kappa shape index (κ2) is 9.16. The van der Waals surface area contributed by atoms with E-state index in [1.807, 2.05) is 6.92 Å². The van der Waals surface area contributed by atoms with Gasteiger partial charge in [0.25, 0.3) is 0 Å². The normalized spacial score (nSPS) is 18.8. The molecule has 1 aliphatic rings. The predicted molar refractivity (Wildman–Crippen MR) is 94.3 cm³/mol. The van der Waals surface area contributed by atoms with E-state index in [4.69, 9.17) is 0 Å². The van der Waals surface area contributed by atoms with Crippen LogP contribution in [0, 0.1) is 5.92 Å². The number of aliphatic hydroxyl groups is 1. The molecule has 1 heterocycles. The van der Waals surface area contributed by atoms with Crippen LogP contribution >= 0.6 is 0 Å². The molecule has 2 rings (SSSR count). The Labute approximate surface area is 135 Å². The Balaban J connectivity index is 1.76. The molecule has 1 saturated heterocycles. The summed E-state index contributed by atoms with van der Waals surface area (Å²) in [5.74, 6) is 0.511. The Morgan fingerprint density at radius 1 is 1.05 bits per heavy atom. The van der Waals surface area contributed by atoms with E-state index in [-0.39, 0.29) is 6.10 Å². The van der Waals surface area contributed by atoms with Crippen molar-refractivity contribution in [3.63, 3.8) is 0 Å². The molecule has 0 bridgehead atoms.